The van der Waals surface area contributed by atoms with Gasteiger partial charge in [0.2, 0.25) is 0 Å². The lowest BCUT2D eigenvalue weighted by atomic mass is 9.80. The van der Waals surface area contributed by atoms with Gasteiger partial charge in [-0.1, -0.05) is 12.1 Å². The summed E-state index contributed by atoms with van der Waals surface area (Å²) in [5.41, 5.74) is 2.33. The molecule has 9 nitrogen and oxygen atoms in total. The number of esters is 3. The minimum absolute atomic E-state index is 0.281. The molecule has 0 saturated carbocycles. The normalized spacial score (nSPS) is 14.5. The van der Waals surface area contributed by atoms with Crippen molar-refractivity contribution in [2.75, 3.05) is 21.3 Å². The maximum absolute atomic E-state index is 12.6. The number of nitrogens with one attached hydrogen (secondary N) is 1. The summed E-state index contributed by atoms with van der Waals surface area (Å²) >= 11 is 0. The maximum Gasteiger partial charge on any atom is 0.352 e. The molecule has 0 amide bonds. The summed E-state index contributed by atoms with van der Waals surface area (Å²) in [7, 11) is 4.12. The van der Waals surface area contributed by atoms with Gasteiger partial charge in [-0.2, -0.15) is 0 Å². The van der Waals surface area contributed by atoms with E-state index < -0.39 is 29.9 Å². The number of carbonyl (C=O) groups is 3. The van der Waals surface area contributed by atoms with Gasteiger partial charge in [-0.15, -0.1) is 0 Å². The third kappa shape index (κ3) is 5.68. The predicted molar refractivity (Wildman–Crippen MR) is 130 cm³/mol. The molecule has 190 valence electrons. The van der Waals surface area contributed by atoms with Crippen LogP contribution in [0.5, 0.6) is 17.2 Å². The van der Waals surface area contributed by atoms with Crippen LogP contribution in [0.4, 0.5) is 0 Å². The molecule has 0 fully saturated rings. The van der Waals surface area contributed by atoms with Crippen LogP contribution in [-0.2, 0) is 23.9 Å². The molecule has 1 N–H and O–H groups in total. The van der Waals surface area contributed by atoms with Gasteiger partial charge >= 0.3 is 17.9 Å². The summed E-state index contributed by atoms with van der Waals surface area (Å²) in [5.74, 6) is -1.00. The zero-order chi connectivity index (χ0) is 26.4. The quantitative estimate of drug-likeness (QED) is 0.433. The van der Waals surface area contributed by atoms with Gasteiger partial charge in [-0.3, -0.25) is 0 Å². The number of hydrogen-bond donors (Lipinski definition) is 1. The molecular formula is C27H29NO8. The zero-order valence-electron chi connectivity index (χ0n) is 21.0. The third-order valence-electron chi connectivity index (χ3n) is 5.71. The Bertz CT molecular complexity index is 1160. The molecule has 2 aromatic rings. The minimum Gasteiger partial charge on any atom is -0.497 e. The van der Waals surface area contributed by atoms with E-state index in [0.29, 0.717) is 28.5 Å². The van der Waals surface area contributed by atoms with E-state index in [2.05, 4.69) is 5.32 Å². The van der Waals surface area contributed by atoms with Crippen LogP contribution in [0, 0.1) is 0 Å². The van der Waals surface area contributed by atoms with Crippen molar-refractivity contribution in [1.29, 1.82) is 0 Å². The highest BCUT2D eigenvalue weighted by molar-refractivity contribution is 5.99. The van der Waals surface area contributed by atoms with Crippen LogP contribution in [0.25, 0.3) is 0 Å². The number of benzene rings is 2. The predicted octanol–water partition coefficient (Wildman–Crippen LogP) is 3.65. The van der Waals surface area contributed by atoms with Crippen molar-refractivity contribution in [1.82, 2.24) is 5.32 Å². The minimum atomic E-state index is -0.865. The zero-order valence-corrected chi connectivity index (χ0v) is 21.0. The van der Waals surface area contributed by atoms with Crippen LogP contribution in [-0.4, -0.2) is 45.3 Å². The van der Waals surface area contributed by atoms with Crippen LogP contribution in [0.3, 0.4) is 0 Å². The molecule has 1 aliphatic rings. The van der Waals surface area contributed by atoms with E-state index in [4.69, 9.17) is 23.7 Å². The smallest absolute Gasteiger partial charge is 0.352 e. The first-order valence-corrected chi connectivity index (χ1v) is 11.2. The summed E-state index contributed by atoms with van der Waals surface area (Å²) in [5, 5.41) is 3.05. The highest BCUT2D eigenvalue weighted by Crippen LogP contribution is 2.39. The molecule has 0 aliphatic carbocycles. The number of ether oxygens (including phenoxy) is 5. The van der Waals surface area contributed by atoms with E-state index in [1.54, 1.807) is 76.4 Å². The Morgan fingerprint density at radius 1 is 0.750 bits per heavy atom. The van der Waals surface area contributed by atoms with E-state index in [1.165, 1.54) is 14.2 Å². The van der Waals surface area contributed by atoms with Gasteiger partial charge in [-0.05, 0) is 62.7 Å². The fourth-order valence-electron chi connectivity index (χ4n) is 3.92. The van der Waals surface area contributed by atoms with E-state index in [1.807, 2.05) is 0 Å². The second kappa shape index (κ2) is 11.4. The lowest BCUT2D eigenvalue weighted by molar-refractivity contribution is -0.141. The monoisotopic (exact) mass is 495 g/mol. The van der Waals surface area contributed by atoms with Crippen molar-refractivity contribution in [2.45, 2.75) is 32.8 Å². The summed E-state index contributed by atoms with van der Waals surface area (Å²) < 4.78 is 26.2. The summed E-state index contributed by atoms with van der Waals surface area (Å²) in [4.78, 5) is 37.8. The standard InChI is InChI=1S/C27H29NO8/c1-15-22(26(30)33-5)24(23(16(2)28-15)27(31)34-6)18-7-9-21(10-8-18)36-25(29)17(3)35-20-13-11-19(32-4)12-14-20/h7-14,17,24,28H,1-6H3/t17-/m0/s1. The Balaban J connectivity index is 1.81. The van der Waals surface area contributed by atoms with Gasteiger partial charge in [0.1, 0.15) is 17.2 Å². The number of hydrogen-bond acceptors (Lipinski definition) is 9. The van der Waals surface area contributed by atoms with Crippen molar-refractivity contribution in [3.63, 3.8) is 0 Å². The van der Waals surface area contributed by atoms with Crippen LogP contribution >= 0.6 is 0 Å². The maximum atomic E-state index is 12.6. The van der Waals surface area contributed by atoms with E-state index >= 15 is 0 Å². The van der Waals surface area contributed by atoms with Crippen LogP contribution in [0.2, 0.25) is 0 Å². The van der Waals surface area contributed by atoms with Gasteiger partial charge in [-0.25, -0.2) is 14.4 Å². The molecule has 9 heteroatoms. The molecule has 3 rings (SSSR count). The Morgan fingerprint density at radius 3 is 1.69 bits per heavy atom. The van der Waals surface area contributed by atoms with Crippen molar-refractivity contribution in [2.24, 2.45) is 0 Å². The number of carbonyl (C=O) groups excluding carboxylic acids is 3. The fraction of sp³-hybridized carbons (Fsp3) is 0.296. The number of methoxy groups -OCH3 is 3. The van der Waals surface area contributed by atoms with Crippen molar-refractivity contribution in [3.8, 4) is 17.2 Å². The first-order valence-electron chi connectivity index (χ1n) is 11.2. The lowest BCUT2D eigenvalue weighted by Crippen LogP contribution is -2.32. The molecule has 0 unspecified atom stereocenters. The van der Waals surface area contributed by atoms with E-state index in [9.17, 15) is 14.4 Å². The molecule has 0 spiro atoms. The van der Waals surface area contributed by atoms with E-state index in [0.717, 1.165) is 0 Å². The van der Waals surface area contributed by atoms with Gasteiger partial charge < -0.3 is 29.0 Å². The molecule has 2 aromatic carbocycles. The summed E-state index contributed by atoms with van der Waals surface area (Å²) in [6.45, 7) is 5.05. The van der Waals surface area contributed by atoms with Crippen molar-refractivity contribution >= 4 is 17.9 Å². The Kier molecular flexibility index (Phi) is 8.37. The molecule has 0 radical (unpaired) electrons. The highest BCUT2D eigenvalue weighted by atomic mass is 16.6. The first-order chi connectivity index (χ1) is 17.2. The van der Waals surface area contributed by atoms with Crippen molar-refractivity contribution < 1.29 is 38.1 Å². The second-order valence-corrected chi connectivity index (χ2v) is 8.04. The highest BCUT2D eigenvalue weighted by Gasteiger charge is 2.37. The Labute approximate surface area is 209 Å². The molecule has 0 saturated heterocycles. The average Bonchev–Trinajstić information content (AvgIpc) is 2.88. The summed E-state index contributed by atoms with van der Waals surface area (Å²) in [6.07, 6.45) is -0.865. The van der Waals surface area contributed by atoms with Crippen LogP contribution in [0.15, 0.2) is 71.1 Å². The van der Waals surface area contributed by atoms with Crippen molar-refractivity contribution in [3.05, 3.63) is 76.6 Å². The second-order valence-electron chi connectivity index (χ2n) is 8.04. The van der Waals surface area contributed by atoms with Gasteiger partial charge in [0.05, 0.1) is 38.4 Å². The SMILES string of the molecule is COC(=O)C1=C(C)NC(C)=C(C(=O)OC)C1c1ccc(OC(=O)[C@H](C)Oc2ccc(OC)cc2)cc1. The fourth-order valence-corrected chi connectivity index (χ4v) is 3.92. The number of dihydropyridines is 1. The summed E-state index contributed by atoms with van der Waals surface area (Å²) in [6, 6.07) is 13.4. The molecule has 0 aromatic heterocycles. The van der Waals surface area contributed by atoms with E-state index in [-0.39, 0.29) is 16.9 Å². The lowest BCUT2D eigenvalue weighted by Gasteiger charge is -2.30. The molecule has 1 heterocycles. The molecule has 0 bridgehead atoms. The van der Waals surface area contributed by atoms with Crippen LogP contribution < -0.4 is 19.5 Å². The molecule has 36 heavy (non-hydrogen) atoms. The molecular weight excluding hydrogens is 466 g/mol. The van der Waals surface area contributed by atoms with Gasteiger partial charge in [0, 0.05) is 11.4 Å². The molecule has 1 aliphatic heterocycles. The number of rotatable bonds is 8. The average molecular weight is 496 g/mol. The Hall–Kier alpha value is -4.27. The topological polar surface area (TPSA) is 109 Å². The van der Waals surface area contributed by atoms with Crippen LogP contribution in [0.1, 0.15) is 32.3 Å². The number of allylic oxidation sites excluding steroid dienone is 2. The largest absolute Gasteiger partial charge is 0.497 e. The Morgan fingerprint density at radius 2 is 1.22 bits per heavy atom. The third-order valence-corrected chi connectivity index (χ3v) is 5.71. The first kappa shape index (κ1) is 26.3. The van der Waals surface area contributed by atoms with Gasteiger partial charge in [0.25, 0.3) is 0 Å². The molecule has 1 atom stereocenters. The van der Waals surface area contributed by atoms with Gasteiger partial charge in [0.15, 0.2) is 6.10 Å².